The molecule has 2 aromatic heterocycles. The number of para-hydroxylation sites is 2. The number of aromatic nitrogens is 2. The van der Waals surface area contributed by atoms with E-state index in [4.69, 9.17) is 4.42 Å². The Morgan fingerprint density at radius 1 is 1.07 bits per heavy atom. The highest BCUT2D eigenvalue weighted by Gasteiger charge is 2.37. The van der Waals surface area contributed by atoms with E-state index in [1.54, 1.807) is 24.3 Å². The van der Waals surface area contributed by atoms with Crippen molar-refractivity contribution in [1.29, 1.82) is 0 Å². The van der Waals surface area contributed by atoms with Gasteiger partial charge in [0.25, 0.3) is 0 Å². The molecule has 27 heavy (non-hydrogen) atoms. The van der Waals surface area contributed by atoms with Gasteiger partial charge in [0.2, 0.25) is 5.82 Å². The number of imidazole rings is 1. The summed E-state index contributed by atoms with van der Waals surface area (Å²) in [5.41, 5.74) is 2.73. The van der Waals surface area contributed by atoms with Crippen LogP contribution >= 0.6 is 0 Å². The maximum absolute atomic E-state index is 13.5. The molecule has 0 bridgehead atoms. The van der Waals surface area contributed by atoms with E-state index < -0.39 is 17.6 Å². The standard InChI is InChI=1S/C20H15F3N2O2/c1-11-7-14-13(9-18(26)27-17(14)8-12(11)2)10-25-16-6-4-3-5-15(16)24-19(25)20(21,22)23/h3-9H,10H2,1-2H3. The topological polar surface area (TPSA) is 48.0 Å². The maximum Gasteiger partial charge on any atom is 0.449 e. The van der Waals surface area contributed by atoms with Crippen molar-refractivity contribution in [3.05, 3.63) is 75.4 Å². The molecular formula is C20H15F3N2O2. The van der Waals surface area contributed by atoms with Crippen LogP contribution in [0.3, 0.4) is 0 Å². The monoisotopic (exact) mass is 372 g/mol. The lowest BCUT2D eigenvalue weighted by Crippen LogP contribution is -2.16. The molecule has 0 atom stereocenters. The summed E-state index contributed by atoms with van der Waals surface area (Å²) < 4.78 is 46.9. The van der Waals surface area contributed by atoms with E-state index in [0.717, 1.165) is 15.7 Å². The molecule has 0 aliphatic heterocycles. The average molecular weight is 372 g/mol. The Balaban J connectivity index is 1.98. The Bertz CT molecular complexity index is 1240. The average Bonchev–Trinajstić information content (AvgIpc) is 2.96. The van der Waals surface area contributed by atoms with Crippen LogP contribution in [0.15, 0.2) is 51.7 Å². The zero-order valence-corrected chi connectivity index (χ0v) is 14.6. The third kappa shape index (κ3) is 2.99. The molecule has 4 aromatic rings. The fraction of sp³-hybridized carbons (Fsp3) is 0.200. The number of benzene rings is 2. The Morgan fingerprint density at radius 2 is 1.78 bits per heavy atom. The van der Waals surface area contributed by atoms with Crippen LogP contribution in [-0.4, -0.2) is 9.55 Å². The van der Waals surface area contributed by atoms with Gasteiger partial charge in [-0.3, -0.25) is 0 Å². The van der Waals surface area contributed by atoms with Gasteiger partial charge in [-0.25, -0.2) is 9.78 Å². The molecule has 7 heteroatoms. The molecule has 0 aliphatic rings. The summed E-state index contributed by atoms with van der Waals surface area (Å²) in [6.45, 7) is 3.64. The number of aryl methyl sites for hydroxylation is 2. The van der Waals surface area contributed by atoms with Crippen LogP contribution in [0.25, 0.3) is 22.0 Å². The van der Waals surface area contributed by atoms with Gasteiger partial charge in [-0.15, -0.1) is 0 Å². The maximum atomic E-state index is 13.5. The summed E-state index contributed by atoms with van der Waals surface area (Å²) in [5.74, 6) is -0.992. The number of nitrogens with zero attached hydrogens (tertiary/aromatic N) is 2. The van der Waals surface area contributed by atoms with Crippen molar-refractivity contribution in [1.82, 2.24) is 9.55 Å². The summed E-state index contributed by atoms with van der Waals surface area (Å²) in [7, 11) is 0. The highest BCUT2D eigenvalue weighted by atomic mass is 19.4. The van der Waals surface area contributed by atoms with Gasteiger partial charge in [0, 0.05) is 11.5 Å². The van der Waals surface area contributed by atoms with Crippen molar-refractivity contribution in [2.24, 2.45) is 0 Å². The molecule has 2 aromatic carbocycles. The van der Waals surface area contributed by atoms with Gasteiger partial charge in [0.05, 0.1) is 17.6 Å². The number of fused-ring (bicyclic) bond motifs is 2. The summed E-state index contributed by atoms with van der Waals surface area (Å²) in [5, 5.41) is 0.614. The van der Waals surface area contributed by atoms with Crippen LogP contribution in [0.2, 0.25) is 0 Å². The molecule has 0 saturated heterocycles. The molecule has 138 valence electrons. The summed E-state index contributed by atoms with van der Waals surface area (Å²) in [6.07, 6.45) is -4.61. The van der Waals surface area contributed by atoms with E-state index in [1.165, 1.54) is 12.1 Å². The second-order valence-electron chi connectivity index (χ2n) is 6.53. The third-order valence-electron chi connectivity index (χ3n) is 4.68. The van der Waals surface area contributed by atoms with Crippen molar-refractivity contribution in [2.45, 2.75) is 26.6 Å². The van der Waals surface area contributed by atoms with Crippen LogP contribution in [0.1, 0.15) is 22.5 Å². The van der Waals surface area contributed by atoms with Crippen LogP contribution in [0, 0.1) is 13.8 Å². The summed E-state index contributed by atoms with van der Waals surface area (Å²) >= 11 is 0. The first-order chi connectivity index (χ1) is 12.7. The molecule has 0 spiro atoms. The first-order valence-electron chi connectivity index (χ1n) is 8.30. The fourth-order valence-electron chi connectivity index (χ4n) is 3.24. The number of rotatable bonds is 2. The van der Waals surface area contributed by atoms with Gasteiger partial charge in [-0.1, -0.05) is 12.1 Å². The number of alkyl halides is 3. The van der Waals surface area contributed by atoms with E-state index in [1.807, 2.05) is 19.9 Å². The lowest BCUT2D eigenvalue weighted by Gasteiger charge is -2.13. The molecule has 4 rings (SSSR count). The van der Waals surface area contributed by atoms with Crippen molar-refractivity contribution in [2.75, 3.05) is 0 Å². The van der Waals surface area contributed by atoms with Crippen LogP contribution in [-0.2, 0) is 12.7 Å². The third-order valence-corrected chi connectivity index (χ3v) is 4.68. The van der Waals surface area contributed by atoms with Gasteiger partial charge < -0.3 is 8.98 Å². The predicted molar refractivity (Wildman–Crippen MR) is 95.8 cm³/mol. The molecule has 0 N–H and O–H groups in total. The van der Waals surface area contributed by atoms with E-state index in [-0.39, 0.29) is 12.1 Å². The second-order valence-corrected chi connectivity index (χ2v) is 6.53. The smallest absolute Gasteiger partial charge is 0.423 e. The molecule has 4 nitrogen and oxygen atoms in total. The summed E-state index contributed by atoms with van der Waals surface area (Å²) in [6, 6.07) is 11.2. The second kappa shape index (κ2) is 5.97. The van der Waals surface area contributed by atoms with Gasteiger partial charge >= 0.3 is 11.8 Å². The molecule has 0 saturated carbocycles. The van der Waals surface area contributed by atoms with Crippen LogP contribution < -0.4 is 5.63 Å². The molecule has 0 fully saturated rings. The zero-order valence-electron chi connectivity index (χ0n) is 14.6. The van der Waals surface area contributed by atoms with E-state index in [2.05, 4.69) is 4.98 Å². The molecule has 0 unspecified atom stereocenters. The van der Waals surface area contributed by atoms with Gasteiger partial charge in [0.15, 0.2) is 0 Å². The van der Waals surface area contributed by atoms with Crippen LogP contribution in [0.4, 0.5) is 13.2 Å². The SMILES string of the molecule is Cc1cc2oc(=O)cc(Cn3c(C(F)(F)F)nc4ccccc43)c2cc1C. The minimum Gasteiger partial charge on any atom is -0.423 e. The van der Waals surface area contributed by atoms with E-state index in [0.29, 0.717) is 22.0 Å². The number of halogens is 3. The minimum atomic E-state index is -4.61. The highest BCUT2D eigenvalue weighted by Crippen LogP contribution is 2.33. The highest BCUT2D eigenvalue weighted by molar-refractivity contribution is 5.82. The Labute approximate surface area is 151 Å². The molecule has 2 heterocycles. The van der Waals surface area contributed by atoms with Crippen molar-refractivity contribution in [3.63, 3.8) is 0 Å². The fourth-order valence-corrected chi connectivity index (χ4v) is 3.24. The van der Waals surface area contributed by atoms with Gasteiger partial charge in [-0.05, 0) is 54.8 Å². The Kier molecular flexibility index (Phi) is 3.83. The van der Waals surface area contributed by atoms with Crippen molar-refractivity contribution < 1.29 is 17.6 Å². The molecule has 0 aliphatic carbocycles. The quantitative estimate of drug-likeness (QED) is 0.474. The Hall–Kier alpha value is -3.09. The normalized spacial score (nSPS) is 12.2. The lowest BCUT2D eigenvalue weighted by atomic mass is 10.0. The van der Waals surface area contributed by atoms with Crippen LogP contribution in [0.5, 0.6) is 0 Å². The Morgan fingerprint density at radius 3 is 2.52 bits per heavy atom. The largest absolute Gasteiger partial charge is 0.449 e. The van der Waals surface area contributed by atoms with Gasteiger partial charge in [-0.2, -0.15) is 13.2 Å². The first kappa shape index (κ1) is 17.3. The lowest BCUT2D eigenvalue weighted by molar-refractivity contribution is -0.146. The van der Waals surface area contributed by atoms with Crippen molar-refractivity contribution >= 4 is 22.0 Å². The molecule has 0 radical (unpaired) electrons. The first-order valence-corrected chi connectivity index (χ1v) is 8.30. The van der Waals surface area contributed by atoms with E-state index >= 15 is 0 Å². The van der Waals surface area contributed by atoms with Crippen molar-refractivity contribution in [3.8, 4) is 0 Å². The number of hydrogen-bond donors (Lipinski definition) is 0. The van der Waals surface area contributed by atoms with Gasteiger partial charge in [0.1, 0.15) is 5.58 Å². The molecule has 0 amide bonds. The zero-order chi connectivity index (χ0) is 19.3. The number of hydrogen-bond acceptors (Lipinski definition) is 3. The molecular weight excluding hydrogens is 357 g/mol. The van der Waals surface area contributed by atoms with E-state index in [9.17, 15) is 18.0 Å². The predicted octanol–water partition coefficient (Wildman–Crippen LogP) is 4.83. The summed E-state index contributed by atoms with van der Waals surface area (Å²) in [4.78, 5) is 15.7. The minimum absolute atomic E-state index is 0.139.